The number of aryl methyl sites for hydroxylation is 1. The Morgan fingerprint density at radius 2 is 1.47 bits per heavy atom. The Bertz CT molecular complexity index is 1520. The number of sulfonamides is 1. The number of hydrogen-bond acceptors (Lipinski definition) is 4. The molecule has 0 saturated carbocycles. The van der Waals surface area contributed by atoms with E-state index in [9.17, 15) is 18.0 Å². The van der Waals surface area contributed by atoms with E-state index in [0.717, 1.165) is 15.4 Å². The number of amides is 1. The van der Waals surface area contributed by atoms with Gasteiger partial charge in [-0.2, -0.15) is 4.31 Å². The van der Waals surface area contributed by atoms with Crippen molar-refractivity contribution in [1.29, 1.82) is 0 Å². The van der Waals surface area contributed by atoms with E-state index in [1.807, 2.05) is 37.3 Å². The summed E-state index contributed by atoms with van der Waals surface area (Å²) in [6, 6.07) is 29.2. The van der Waals surface area contributed by atoms with Crippen LogP contribution in [0.5, 0.6) is 0 Å². The van der Waals surface area contributed by atoms with E-state index >= 15 is 0 Å². The topological polar surface area (TPSA) is 83.6 Å². The molecule has 1 N–H and O–H groups in total. The monoisotopic (exact) mass is 546 g/mol. The molecule has 0 aliphatic carbocycles. The Morgan fingerprint density at radius 3 is 2.13 bits per heavy atom. The van der Waals surface area contributed by atoms with Crippen LogP contribution in [0.3, 0.4) is 0 Å². The van der Waals surface area contributed by atoms with Gasteiger partial charge in [0.15, 0.2) is 5.78 Å². The summed E-state index contributed by atoms with van der Waals surface area (Å²) < 4.78 is 28.2. The van der Waals surface area contributed by atoms with Gasteiger partial charge in [0.05, 0.1) is 17.1 Å². The van der Waals surface area contributed by atoms with Crippen LogP contribution in [0.1, 0.15) is 27.0 Å². The van der Waals surface area contributed by atoms with Crippen molar-refractivity contribution >= 4 is 39.0 Å². The van der Waals surface area contributed by atoms with Crippen LogP contribution < -0.4 is 5.32 Å². The van der Waals surface area contributed by atoms with E-state index < -0.39 is 22.5 Å². The molecule has 0 radical (unpaired) electrons. The molecule has 4 aromatic rings. The van der Waals surface area contributed by atoms with Gasteiger partial charge in [0.25, 0.3) is 0 Å². The zero-order chi connectivity index (χ0) is 27.1. The Labute approximate surface area is 227 Å². The molecule has 38 heavy (non-hydrogen) atoms. The first-order valence-electron chi connectivity index (χ1n) is 12.0. The highest BCUT2D eigenvalue weighted by molar-refractivity contribution is 7.89. The maximum Gasteiger partial charge on any atom is 0.243 e. The van der Waals surface area contributed by atoms with Gasteiger partial charge in [-0.1, -0.05) is 90.0 Å². The third-order valence-corrected chi connectivity index (χ3v) is 8.10. The lowest BCUT2D eigenvalue weighted by molar-refractivity contribution is -0.116. The zero-order valence-corrected chi connectivity index (χ0v) is 22.4. The predicted octanol–water partition coefficient (Wildman–Crippen LogP) is 5.75. The Kier molecular flexibility index (Phi) is 8.73. The fourth-order valence-electron chi connectivity index (χ4n) is 3.95. The van der Waals surface area contributed by atoms with Gasteiger partial charge in [0, 0.05) is 22.7 Å². The van der Waals surface area contributed by atoms with Crippen LogP contribution in [0.2, 0.25) is 5.02 Å². The molecule has 0 atom stereocenters. The lowest BCUT2D eigenvalue weighted by Gasteiger charge is -2.22. The summed E-state index contributed by atoms with van der Waals surface area (Å²) >= 11 is 6.15. The van der Waals surface area contributed by atoms with Crippen molar-refractivity contribution in [1.82, 2.24) is 4.31 Å². The van der Waals surface area contributed by atoms with E-state index in [0.29, 0.717) is 17.0 Å². The summed E-state index contributed by atoms with van der Waals surface area (Å²) in [5, 5.41) is 3.07. The highest BCUT2D eigenvalue weighted by Crippen LogP contribution is 2.24. The fraction of sp³-hybridized carbons (Fsp3) is 0.133. The number of carbonyl (C=O) groups is 2. The summed E-state index contributed by atoms with van der Waals surface area (Å²) in [5.74, 6) is -0.880. The molecule has 0 spiro atoms. The van der Waals surface area contributed by atoms with Crippen LogP contribution in [0, 0.1) is 6.92 Å². The molecule has 0 aromatic heterocycles. The second kappa shape index (κ2) is 12.2. The van der Waals surface area contributed by atoms with Crippen LogP contribution >= 0.6 is 11.6 Å². The number of hydrogen-bond donors (Lipinski definition) is 1. The van der Waals surface area contributed by atoms with Gasteiger partial charge < -0.3 is 5.32 Å². The Balaban J connectivity index is 1.59. The Morgan fingerprint density at radius 1 is 0.842 bits per heavy atom. The molecular weight excluding hydrogens is 520 g/mol. The quantitative estimate of drug-likeness (QED) is 0.257. The van der Waals surface area contributed by atoms with Gasteiger partial charge >= 0.3 is 0 Å². The third-order valence-electron chi connectivity index (χ3n) is 6.01. The predicted molar refractivity (Wildman–Crippen MR) is 150 cm³/mol. The molecule has 194 valence electrons. The van der Waals surface area contributed by atoms with Gasteiger partial charge in [-0.05, 0) is 49.2 Å². The van der Waals surface area contributed by atoms with Crippen LogP contribution in [-0.4, -0.2) is 37.5 Å². The highest BCUT2D eigenvalue weighted by Gasteiger charge is 2.27. The molecule has 0 bridgehead atoms. The first kappa shape index (κ1) is 27.3. The normalized spacial score (nSPS) is 11.3. The number of ketones is 1. The molecule has 1 amide bonds. The summed E-state index contributed by atoms with van der Waals surface area (Å²) in [5.41, 5.74) is 2.79. The van der Waals surface area contributed by atoms with Crippen LogP contribution in [-0.2, 0) is 21.2 Å². The van der Waals surface area contributed by atoms with Gasteiger partial charge in [0.1, 0.15) is 0 Å². The number of nitrogens with one attached hydrogen (secondary N) is 1. The van der Waals surface area contributed by atoms with Gasteiger partial charge in [-0.3, -0.25) is 9.59 Å². The van der Waals surface area contributed by atoms with E-state index in [4.69, 9.17) is 11.6 Å². The standard InChI is InChI=1S/C30H27ClN2O4S/c1-22-12-15-26(16-13-22)38(36,37)33(19-18-23-8-4-2-5-9-23)21-29(34)32-28-17-14-25(31)20-27(28)30(35)24-10-6-3-7-11-24/h2-17,20H,18-19,21H2,1H3,(H,32,34). The van der Waals surface area contributed by atoms with Crippen molar-refractivity contribution in [2.24, 2.45) is 0 Å². The molecule has 0 aliphatic rings. The van der Waals surface area contributed by atoms with E-state index in [-0.39, 0.29) is 28.5 Å². The number of nitrogens with zero attached hydrogens (tertiary/aromatic N) is 1. The number of halogens is 1. The molecule has 0 saturated heterocycles. The van der Waals surface area contributed by atoms with Gasteiger partial charge in [0.2, 0.25) is 15.9 Å². The number of anilines is 1. The van der Waals surface area contributed by atoms with Crippen molar-refractivity contribution in [3.63, 3.8) is 0 Å². The molecule has 0 unspecified atom stereocenters. The molecule has 8 heteroatoms. The minimum absolute atomic E-state index is 0.101. The SMILES string of the molecule is Cc1ccc(S(=O)(=O)N(CCc2ccccc2)CC(=O)Nc2ccc(Cl)cc2C(=O)c2ccccc2)cc1. The largest absolute Gasteiger partial charge is 0.324 e. The molecule has 6 nitrogen and oxygen atoms in total. The average Bonchev–Trinajstić information content (AvgIpc) is 2.93. The average molecular weight is 547 g/mol. The smallest absolute Gasteiger partial charge is 0.243 e. The summed E-state index contributed by atoms with van der Waals surface area (Å²) in [6.07, 6.45) is 0.428. The van der Waals surface area contributed by atoms with Gasteiger partial charge in [-0.15, -0.1) is 0 Å². The molecule has 4 aromatic carbocycles. The minimum atomic E-state index is -3.97. The van der Waals surface area contributed by atoms with Crippen molar-refractivity contribution < 1.29 is 18.0 Å². The van der Waals surface area contributed by atoms with Crippen LogP contribution in [0.4, 0.5) is 5.69 Å². The van der Waals surface area contributed by atoms with Crippen molar-refractivity contribution in [3.8, 4) is 0 Å². The number of carbonyl (C=O) groups excluding carboxylic acids is 2. The fourth-order valence-corrected chi connectivity index (χ4v) is 5.52. The summed E-state index contributed by atoms with van der Waals surface area (Å²) in [6.45, 7) is 1.55. The molecule has 0 aliphatic heterocycles. The van der Waals surface area contributed by atoms with E-state index in [1.165, 1.54) is 18.2 Å². The van der Waals surface area contributed by atoms with Crippen molar-refractivity contribution in [3.05, 3.63) is 130 Å². The molecule has 0 fully saturated rings. The number of benzene rings is 4. The lowest BCUT2D eigenvalue weighted by atomic mass is 10.0. The second-order valence-electron chi connectivity index (χ2n) is 8.82. The van der Waals surface area contributed by atoms with Crippen molar-refractivity contribution in [2.75, 3.05) is 18.4 Å². The number of rotatable bonds is 10. The minimum Gasteiger partial charge on any atom is -0.324 e. The summed E-state index contributed by atoms with van der Waals surface area (Å²) in [7, 11) is -3.97. The second-order valence-corrected chi connectivity index (χ2v) is 11.2. The first-order valence-corrected chi connectivity index (χ1v) is 13.9. The lowest BCUT2D eigenvalue weighted by Crippen LogP contribution is -2.39. The van der Waals surface area contributed by atoms with Crippen LogP contribution in [0.25, 0.3) is 0 Å². The Hall–Kier alpha value is -3.78. The molecule has 0 heterocycles. The molecular formula is C30H27ClN2O4S. The van der Waals surface area contributed by atoms with Gasteiger partial charge in [-0.25, -0.2) is 8.42 Å². The maximum absolute atomic E-state index is 13.5. The third kappa shape index (κ3) is 6.75. The van der Waals surface area contributed by atoms with Crippen LogP contribution in [0.15, 0.2) is 108 Å². The maximum atomic E-state index is 13.5. The van der Waals surface area contributed by atoms with E-state index in [2.05, 4.69) is 5.32 Å². The van der Waals surface area contributed by atoms with E-state index in [1.54, 1.807) is 54.6 Å². The first-order chi connectivity index (χ1) is 18.2. The summed E-state index contributed by atoms with van der Waals surface area (Å²) in [4.78, 5) is 26.4. The zero-order valence-electron chi connectivity index (χ0n) is 20.8. The van der Waals surface area contributed by atoms with Crippen molar-refractivity contribution in [2.45, 2.75) is 18.2 Å². The molecule has 4 rings (SSSR count). The highest BCUT2D eigenvalue weighted by atomic mass is 35.5.